The number of hydrogen-bond acceptors (Lipinski definition) is 3. The van der Waals surface area contributed by atoms with Gasteiger partial charge in [-0.1, -0.05) is 18.2 Å². The number of aryl methyl sites for hydroxylation is 1. The molecule has 0 saturated carbocycles. The molecule has 4 nitrogen and oxygen atoms in total. The molecule has 0 atom stereocenters. The van der Waals surface area contributed by atoms with Crippen molar-refractivity contribution < 1.29 is 13.2 Å². The lowest BCUT2D eigenvalue weighted by Gasteiger charge is -2.09. The van der Waals surface area contributed by atoms with Gasteiger partial charge in [0.25, 0.3) is 10.0 Å². The van der Waals surface area contributed by atoms with Crippen molar-refractivity contribution in [2.24, 2.45) is 0 Å². The average Bonchev–Trinajstić information content (AvgIpc) is 2.72. The highest BCUT2D eigenvalue weighted by Crippen LogP contribution is 2.18. The highest BCUT2D eigenvalue weighted by atomic mass is 32.2. The summed E-state index contributed by atoms with van der Waals surface area (Å²) >= 11 is 0. The highest BCUT2D eigenvalue weighted by Gasteiger charge is 2.20. The smallest absolute Gasteiger partial charge is 0.268 e. The van der Waals surface area contributed by atoms with E-state index in [9.17, 15) is 13.2 Å². The van der Waals surface area contributed by atoms with Crippen LogP contribution in [-0.2, 0) is 10.0 Å². The summed E-state index contributed by atoms with van der Waals surface area (Å²) in [4.78, 5) is 11.0. The maximum Gasteiger partial charge on any atom is 0.268 e. The van der Waals surface area contributed by atoms with Gasteiger partial charge in [0.15, 0.2) is 6.29 Å². The predicted molar refractivity (Wildman–Crippen MR) is 63.6 cm³/mol. The Hall–Kier alpha value is -1.88. The van der Waals surface area contributed by atoms with Crippen LogP contribution < -0.4 is 0 Å². The second-order valence-corrected chi connectivity index (χ2v) is 5.39. The molecule has 1 heterocycles. The summed E-state index contributed by atoms with van der Waals surface area (Å²) in [5.74, 6) is 0. The van der Waals surface area contributed by atoms with E-state index in [1.165, 1.54) is 18.2 Å². The van der Waals surface area contributed by atoms with E-state index in [4.69, 9.17) is 0 Å². The summed E-state index contributed by atoms with van der Waals surface area (Å²) < 4.78 is 25.6. The normalized spacial score (nSPS) is 11.4. The van der Waals surface area contributed by atoms with E-state index in [0.717, 1.165) is 3.97 Å². The Kier molecular flexibility index (Phi) is 2.85. The van der Waals surface area contributed by atoms with E-state index in [1.807, 2.05) is 0 Å². The van der Waals surface area contributed by atoms with Gasteiger partial charge in [-0.15, -0.1) is 0 Å². The minimum atomic E-state index is -3.68. The molecule has 0 fully saturated rings. The standard InChI is InChI=1S/C12H11NO3S/c1-10-7-8-11(9-14)13(10)17(15,16)12-5-3-2-4-6-12/h2-9H,1H3. The third-order valence-electron chi connectivity index (χ3n) is 2.45. The monoisotopic (exact) mass is 249 g/mol. The molecule has 0 unspecified atom stereocenters. The molecule has 1 aromatic heterocycles. The summed E-state index contributed by atoms with van der Waals surface area (Å²) in [6.45, 7) is 1.65. The van der Waals surface area contributed by atoms with Crippen molar-refractivity contribution in [2.45, 2.75) is 11.8 Å². The molecule has 0 amide bonds. The average molecular weight is 249 g/mol. The minimum Gasteiger partial charge on any atom is -0.296 e. The molecule has 17 heavy (non-hydrogen) atoms. The first-order chi connectivity index (χ1) is 8.07. The van der Waals surface area contributed by atoms with Gasteiger partial charge in [0.05, 0.1) is 10.6 Å². The van der Waals surface area contributed by atoms with Gasteiger partial charge in [-0.2, -0.15) is 0 Å². The molecular weight excluding hydrogens is 238 g/mol. The summed E-state index contributed by atoms with van der Waals surface area (Å²) in [6.07, 6.45) is 0.535. The number of rotatable bonds is 3. The second-order valence-electron chi connectivity index (χ2n) is 3.60. The van der Waals surface area contributed by atoms with Gasteiger partial charge in [-0.3, -0.25) is 4.79 Å². The molecule has 0 aliphatic heterocycles. The van der Waals surface area contributed by atoms with E-state index in [2.05, 4.69) is 0 Å². The van der Waals surface area contributed by atoms with Crippen molar-refractivity contribution >= 4 is 16.3 Å². The van der Waals surface area contributed by atoms with Crippen LogP contribution in [0.5, 0.6) is 0 Å². The zero-order valence-electron chi connectivity index (χ0n) is 9.20. The van der Waals surface area contributed by atoms with Gasteiger partial charge in [0.1, 0.15) is 0 Å². The van der Waals surface area contributed by atoms with Gasteiger partial charge >= 0.3 is 0 Å². The van der Waals surface area contributed by atoms with Gasteiger partial charge in [0, 0.05) is 5.69 Å². The lowest BCUT2D eigenvalue weighted by Crippen LogP contribution is -2.16. The molecule has 0 N–H and O–H groups in total. The van der Waals surface area contributed by atoms with Crippen LogP contribution in [0.15, 0.2) is 47.4 Å². The molecule has 0 aliphatic carbocycles. The fraction of sp³-hybridized carbons (Fsp3) is 0.0833. The first kappa shape index (κ1) is 11.6. The molecule has 0 saturated heterocycles. The predicted octanol–water partition coefficient (Wildman–Crippen LogP) is 1.85. The fourth-order valence-corrected chi connectivity index (χ4v) is 3.19. The number of aldehydes is 1. The van der Waals surface area contributed by atoms with Crippen LogP contribution in [-0.4, -0.2) is 18.7 Å². The first-order valence-corrected chi connectivity index (χ1v) is 6.45. The van der Waals surface area contributed by atoms with E-state index in [1.54, 1.807) is 31.2 Å². The van der Waals surface area contributed by atoms with E-state index >= 15 is 0 Å². The van der Waals surface area contributed by atoms with Crippen LogP contribution in [0, 0.1) is 6.92 Å². The number of benzene rings is 1. The fourth-order valence-electron chi connectivity index (χ4n) is 1.66. The van der Waals surface area contributed by atoms with E-state index < -0.39 is 10.0 Å². The molecule has 0 bridgehead atoms. The van der Waals surface area contributed by atoms with Gasteiger partial charge in [0.2, 0.25) is 0 Å². The van der Waals surface area contributed by atoms with Crippen molar-refractivity contribution in [1.82, 2.24) is 3.97 Å². The van der Waals surface area contributed by atoms with Crippen LogP contribution in [0.25, 0.3) is 0 Å². The molecule has 5 heteroatoms. The molecule has 88 valence electrons. The van der Waals surface area contributed by atoms with Crippen molar-refractivity contribution in [3.8, 4) is 0 Å². The Balaban J connectivity index is 2.68. The third kappa shape index (κ3) is 1.89. The Bertz CT molecular complexity index is 642. The summed E-state index contributed by atoms with van der Waals surface area (Å²) in [5.41, 5.74) is 0.641. The summed E-state index contributed by atoms with van der Waals surface area (Å²) in [6, 6.07) is 11.1. The summed E-state index contributed by atoms with van der Waals surface area (Å²) in [7, 11) is -3.68. The van der Waals surface area contributed by atoms with Crippen LogP contribution in [0.2, 0.25) is 0 Å². The topological polar surface area (TPSA) is 56.1 Å². The Morgan fingerprint density at radius 3 is 2.29 bits per heavy atom. The Labute approximate surface area is 99.6 Å². The third-order valence-corrected chi connectivity index (χ3v) is 4.30. The largest absolute Gasteiger partial charge is 0.296 e. The molecular formula is C12H11NO3S. The zero-order chi connectivity index (χ0) is 12.5. The van der Waals surface area contributed by atoms with Gasteiger partial charge in [-0.25, -0.2) is 12.4 Å². The van der Waals surface area contributed by atoms with Crippen LogP contribution in [0.1, 0.15) is 16.2 Å². The Morgan fingerprint density at radius 1 is 1.06 bits per heavy atom. The lowest BCUT2D eigenvalue weighted by atomic mass is 10.4. The maximum absolute atomic E-state index is 12.3. The van der Waals surface area contributed by atoms with Crippen LogP contribution >= 0.6 is 0 Å². The van der Waals surface area contributed by atoms with Crippen LogP contribution in [0.3, 0.4) is 0 Å². The second kappa shape index (κ2) is 4.18. The first-order valence-electron chi connectivity index (χ1n) is 5.01. The van der Waals surface area contributed by atoms with E-state index in [0.29, 0.717) is 12.0 Å². The molecule has 0 spiro atoms. The lowest BCUT2D eigenvalue weighted by molar-refractivity contribution is 0.111. The van der Waals surface area contributed by atoms with Crippen molar-refractivity contribution in [2.75, 3.05) is 0 Å². The number of carbonyl (C=O) groups is 1. The highest BCUT2D eigenvalue weighted by molar-refractivity contribution is 7.90. The number of carbonyl (C=O) groups excluding carboxylic acids is 1. The van der Waals surface area contributed by atoms with Crippen molar-refractivity contribution in [1.29, 1.82) is 0 Å². The molecule has 0 radical (unpaired) electrons. The summed E-state index contributed by atoms with van der Waals surface area (Å²) in [5, 5.41) is 0. The maximum atomic E-state index is 12.3. The molecule has 0 aliphatic rings. The minimum absolute atomic E-state index is 0.131. The number of aromatic nitrogens is 1. The van der Waals surface area contributed by atoms with Gasteiger partial charge < -0.3 is 0 Å². The SMILES string of the molecule is Cc1ccc(C=O)n1S(=O)(=O)c1ccccc1. The van der Waals surface area contributed by atoms with Crippen LogP contribution in [0.4, 0.5) is 0 Å². The van der Waals surface area contributed by atoms with Crippen molar-refractivity contribution in [3.05, 3.63) is 53.9 Å². The van der Waals surface area contributed by atoms with E-state index in [-0.39, 0.29) is 10.6 Å². The number of nitrogens with zero attached hydrogens (tertiary/aromatic N) is 1. The van der Waals surface area contributed by atoms with Gasteiger partial charge in [-0.05, 0) is 31.2 Å². The quantitative estimate of drug-likeness (QED) is 0.780. The Morgan fingerprint density at radius 2 is 1.71 bits per heavy atom. The molecule has 2 aromatic rings. The molecule has 1 aromatic carbocycles. The zero-order valence-corrected chi connectivity index (χ0v) is 10.0. The van der Waals surface area contributed by atoms with Crippen molar-refractivity contribution in [3.63, 3.8) is 0 Å². The molecule has 2 rings (SSSR count). The number of hydrogen-bond donors (Lipinski definition) is 0.